The summed E-state index contributed by atoms with van der Waals surface area (Å²) in [7, 11) is 0. The Labute approximate surface area is 138 Å². The molecule has 0 aliphatic carbocycles. The summed E-state index contributed by atoms with van der Waals surface area (Å²) in [4.78, 5) is 8.27. The molecule has 0 saturated carbocycles. The van der Waals surface area contributed by atoms with Crippen LogP contribution in [0.3, 0.4) is 0 Å². The van der Waals surface area contributed by atoms with Crippen LogP contribution in [0.25, 0.3) is 17.1 Å². The van der Waals surface area contributed by atoms with Crippen LogP contribution in [0, 0.1) is 0 Å². The summed E-state index contributed by atoms with van der Waals surface area (Å²) in [6, 6.07) is 7.46. The molecular formula is C13H8BrCl2N5. The SMILES string of the molecule is Nc1nc(-n2cc(-c3ccc(Cl)cc3)cn2)nc(Cl)c1Br. The molecule has 2 aromatic heterocycles. The van der Waals surface area contributed by atoms with E-state index in [9.17, 15) is 0 Å². The Balaban J connectivity index is 2.00. The molecule has 1 aromatic carbocycles. The first-order valence-corrected chi connectivity index (χ1v) is 7.39. The summed E-state index contributed by atoms with van der Waals surface area (Å²) in [6.07, 6.45) is 3.50. The van der Waals surface area contributed by atoms with Crippen molar-refractivity contribution in [1.82, 2.24) is 19.7 Å². The maximum Gasteiger partial charge on any atom is 0.254 e. The topological polar surface area (TPSA) is 69.6 Å². The zero-order valence-corrected chi connectivity index (χ0v) is 13.6. The van der Waals surface area contributed by atoms with Gasteiger partial charge in [0.25, 0.3) is 5.95 Å². The molecule has 0 spiro atoms. The average Bonchev–Trinajstić information content (AvgIpc) is 2.95. The molecule has 106 valence electrons. The quantitative estimate of drug-likeness (QED) is 0.678. The largest absolute Gasteiger partial charge is 0.383 e. The van der Waals surface area contributed by atoms with Crippen LogP contribution in [0.15, 0.2) is 41.1 Å². The fourth-order valence-corrected chi connectivity index (χ4v) is 2.23. The molecule has 0 atom stereocenters. The number of halogens is 3. The van der Waals surface area contributed by atoms with Crippen LogP contribution in [-0.4, -0.2) is 19.7 Å². The van der Waals surface area contributed by atoms with Crippen molar-refractivity contribution in [2.24, 2.45) is 0 Å². The molecule has 0 aliphatic rings. The summed E-state index contributed by atoms with van der Waals surface area (Å²) in [6.45, 7) is 0. The highest BCUT2D eigenvalue weighted by Crippen LogP contribution is 2.26. The van der Waals surface area contributed by atoms with Gasteiger partial charge in [-0.2, -0.15) is 15.1 Å². The van der Waals surface area contributed by atoms with E-state index in [0.717, 1.165) is 11.1 Å². The molecular weight excluding hydrogens is 377 g/mol. The number of nitrogens with zero attached hydrogens (tertiary/aromatic N) is 4. The Morgan fingerprint density at radius 3 is 2.43 bits per heavy atom. The van der Waals surface area contributed by atoms with Crippen LogP contribution in [0.5, 0.6) is 0 Å². The molecule has 2 N–H and O–H groups in total. The lowest BCUT2D eigenvalue weighted by molar-refractivity contribution is 0.809. The van der Waals surface area contributed by atoms with E-state index >= 15 is 0 Å². The number of rotatable bonds is 2. The third-order valence-electron chi connectivity index (χ3n) is 2.79. The van der Waals surface area contributed by atoms with E-state index in [1.54, 1.807) is 12.4 Å². The van der Waals surface area contributed by atoms with Crippen LogP contribution in [0.2, 0.25) is 10.2 Å². The molecule has 0 bridgehead atoms. The van der Waals surface area contributed by atoms with Gasteiger partial charge in [0.15, 0.2) is 5.15 Å². The number of benzene rings is 1. The van der Waals surface area contributed by atoms with Gasteiger partial charge < -0.3 is 5.73 Å². The molecule has 8 heteroatoms. The van der Waals surface area contributed by atoms with Gasteiger partial charge in [-0.05, 0) is 33.6 Å². The van der Waals surface area contributed by atoms with E-state index in [1.165, 1.54) is 4.68 Å². The lowest BCUT2D eigenvalue weighted by Crippen LogP contribution is -2.05. The fourth-order valence-electron chi connectivity index (χ4n) is 1.75. The molecule has 21 heavy (non-hydrogen) atoms. The molecule has 0 unspecified atom stereocenters. The monoisotopic (exact) mass is 383 g/mol. The van der Waals surface area contributed by atoms with Gasteiger partial charge in [-0.3, -0.25) is 0 Å². The summed E-state index contributed by atoms with van der Waals surface area (Å²) >= 11 is 15.1. The van der Waals surface area contributed by atoms with Gasteiger partial charge in [-0.25, -0.2) is 4.68 Å². The van der Waals surface area contributed by atoms with E-state index in [1.807, 2.05) is 24.3 Å². The van der Waals surface area contributed by atoms with Gasteiger partial charge in [0.2, 0.25) is 0 Å². The van der Waals surface area contributed by atoms with Crippen molar-refractivity contribution in [3.8, 4) is 17.1 Å². The van der Waals surface area contributed by atoms with Gasteiger partial charge in [0.1, 0.15) is 5.82 Å². The summed E-state index contributed by atoms with van der Waals surface area (Å²) < 4.78 is 1.98. The van der Waals surface area contributed by atoms with Crippen LogP contribution in [0.4, 0.5) is 5.82 Å². The number of hydrogen-bond donors (Lipinski definition) is 1. The Hall–Kier alpha value is -1.63. The first-order valence-electron chi connectivity index (χ1n) is 5.84. The van der Waals surface area contributed by atoms with E-state index in [2.05, 4.69) is 31.0 Å². The minimum atomic E-state index is 0.237. The maximum atomic E-state index is 5.98. The lowest BCUT2D eigenvalue weighted by Gasteiger charge is -2.03. The third kappa shape index (κ3) is 2.88. The highest BCUT2D eigenvalue weighted by molar-refractivity contribution is 9.10. The average molecular weight is 385 g/mol. The maximum absolute atomic E-state index is 5.98. The summed E-state index contributed by atoms with van der Waals surface area (Å²) in [5.41, 5.74) is 7.65. The van der Waals surface area contributed by atoms with Crippen molar-refractivity contribution in [3.05, 3.63) is 51.3 Å². The van der Waals surface area contributed by atoms with Crippen molar-refractivity contribution in [2.75, 3.05) is 5.73 Å². The van der Waals surface area contributed by atoms with Gasteiger partial charge >= 0.3 is 0 Å². The van der Waals surface area contributed by atoms with Crippen molar-refractivity contribution in [3.63, 3.8) is 0 Å². The zero-order chi connectivity index (χ0) is 15.0. The normalized spacial score (nSPS) is 10.8. The van der Waals surface area contributed by atoms with Gasteiger partial charge in [0.05, 0.1) is 10.7 Å². The van der Waals surface area contributed by atoms with Gasteiger partial charge in [0, 0.05) is 16.8 Å². The first kappa shape index (κ1) is 14.3. The second-order valence-corrected chi connectivity index (χ2v) is 5.78. The Kier molecular flexibility index (Phi) is 3.84. The number of nitrogens with two attached hydrogens (primary N) is 1. The van der Waals surface area contributed by atoms with E-state index in [0.29, 0.717) is 15.4 Å². The van der Waals surface area contributed by atoms with Crippen molar-refractivity contribution in [2.45, 2.75) is 0 Å². The third-order valence-corrected chi connectivity index (χ3v) is 4.33. The number of nitrogen functional groups attached to an aromatic ring is 1. The Morgan fingerprint density at radius 1 is 1.05 bits per heavy atom. The standard InChI is InChI=1S/C13H8BrCl2N5/c14-10-11(16)19-13(20-12(10)17)21-6-8(5-18-21)7-1-3-9(15)4-2-7/h1-6H,(H2,17,19,20). The molecule has 0 saturated heterocycles. The predicted octanol–water partition coefficient (Wildman–Crippen LogP) is 3.98. The Morgan fingerprint density at radius 2 is 1.76 bits per heavy atom. The van der Waals surface area contributed by atoms with Crippen LogP contribution in [0.1, 0.15) is 0 Å². The van der Waals surface area contributed by atoms with Crippen molar-refractivity contribution < 1.29 is 0 Å². The van der Waals surface area contributed by atoms with E-state index in [-0.39, 0.29) is 11.0 Å². The number of anilines is 1. The highest BCUT2D eigenvalue weighted by atomic mass is 79.9. The van der Waals surface area contributed by atoms with Crippen molar-refractivity contribution >= 4 is 44.9 Å². The molecule has 0 aliphatic heterocycles. The van der Waals surface area contributed by atoms with Gasteiger partial charge in [-0.15, -0.1) is 0 Å². The summed E-state index contributed by atoms with van der Waals surface area (Å²) in [5, 5.41) is 5.15. The van der Waals surface area contributed by atoms with Crippen LogP contribution in [-0.2, 0) is 0 Å². The summed E-state index contributed by atoms with van der Waals surface area (Å²) in [5.74, 6) is 0.564. The van der Waals surface area contributed by atoms with E-state index in [4.69, 9.17) is 28.9 Å². The lowest BCUT2D eigenvalue weighted by atomic mass is 10.1. The smallest absolute Gasteiger partial charge is 0.254 e. The molecule has 0 radical (unpaired) electrons. The van der Waals surface area contributed by atoms with Crippen LogP contribution < -0.4 is 5.73 Å². The molecule has 0 fully saturated rings. The van der Waals surface area contributed by atoms with Crippen LogP contribution >= 0.6 is 39.1 Å². The Bertz CT molecular complexity index is 778. The first-order chi connectivity index (χ1) is 10.0. The second kappa shape index (κ2) is 5.63. The number of hydrogen-bond acceptors (Lipinski definition) is 4. The minimum Gasteiger partial charge on any atom is -0.383 e. The molecule has 5 nitrogen and oxygen atoms in total. The molecule has 0 amide bonds. The zero-order valence-electron chi connectivity index (χ0n) is 10.5. The molecule has 2 heterocycles. The number of aromatic nitrogens is 4. The van der Waals surface area contributed by atoms with Crippen molar-refractivity contribution in [1.29, 1.82) is 0 Å². The second-order valence-electron chi connectivity index (χ2n) is 4.19. The van der Waals surface area contributed by atoms with Gasteiger partial charge in [-0.1, -0.05) is 35.3 Å². The molecule has 3 aromatic rings. The predicted molar refractivity (Wildman–Crippen MR) is 86.7 cm³/mol. The highest BCUT2D eigenvalue weighted by Gasteiger charge is 2.11. The van der Waals surface area contributed by atoms with E-state index < -0.39 is 0 Å². The fraction of sp³-hybridized carbons (Fsp3) is 0. The molecule has 3 rings (SSSR count). The minimum absolute atomic E-state index is 0.237.